The molecular formula is C18H18F3N5O2. The van der Waals surface area contributed by atoms with E-state index in [4.69, 9.17) is 9.47 Å². The van der Waals surface area contributed by atoms with E-state index in [0.29, 0.717) is 49.3 Å². The highest BCUT2D eigenvalue weighted by Gasteiger charge is 2.37. The Morgan fingerprint density at radius 1 is 1.11 bits per heavy atom. The third-order valence-corrected chi connectivity index (χ3v) is 4.36. The molecule has 7 nitrogen and oxygen atoms in total. The summed E-state index contributed by atoms with van der Waals surface area (Å²) in [7, 11) is 0. The Morgan fingerprint density at radius 3 is 2.57 bits per heavy atom. The van der Waals surface area contributed by atoms with Crippen molar-refractivity contribution in [1.82, 2.24) is 19.6 Å². The van der Waals surface area contributed by atoms with Crippen LogP contribution in [0.3, 0.4) is 0 Å². The van der Waals surface area contributed by atoms with E-state index < -0.39 is 12.0 Å². The van der Waals surface area contributed by atoms with Crippen LogP contribution in [0.15, 0.2) is 24.3 Å². The second-order valence-electron chi connectivity index (χ2n) is 6.39. The van der Waals surface area contributed by atoms with E-state index in [1.54, 1.807) is 13.0 Å². The normalized spacial score (nSPS) is 13.8. The number of hydrogen-bond acceptors (Lipinski definition) is 6. The second kappa shape index (κ2) is 6.84. The van der Waals surface area contributed by atoms with Crippen LogP contribution in [0.1, 0.15) is 24.0 Å². The van der Waals surface area contributed by atoms with E-state index in [1.165, 1.54) is 0 Å². The van der Waals surface area contributed by atoms with Crippen molar-refractivity contribution in [3.63, 3.8) is 0 Å². The first kappa shape index (κ1) is 18.3. The Bertz CT molecular complexity index is 1020. The zero-order valence-electron chi connectivity index (χ0n) is 15.3. The Balaban J connectivity index is 1.71. The quantitative estimate of drug-likeness (QED) is 0.678. The van der Waals surface area contributed by atoms with Gasteiger partial charge in [0.25, 0.3) is 11.6 Å². The zero-order valence-corrected chi connectivity index (χ0v) is 15.3. The lowest BCUT2D eigenvalue weighted by Crippen LogP contribution is -2.25. The topological polar surface area (TPSA) is 64.8 Å². The smallest absolute Gasteiger partial charge is 0.453 e. The van der Waals surface area contributed by atoms with Crippen molar-refractivity contribution in [2.75, 3.05) is 24.7 Å². The number of aryl methyl sites for hydroxylation is 1. The molecule has 4 rings (SSSR count). The molecule has 0 amide bonds. The molecule has 10 heteroatoms. The van der Waals surface area contributed by atoms with Crippen molar-refractivity contribution in [2.45, 2.75) is 26.6 Å². The van der Waals surface area contributed by atoms with Crippen LogP contribution in [0.4, 0.5) is 19.0 Å². The summed E-state index contributed by atoms with van der Waals surface area (Å²) in [6, 6.07) is 7.32. The predicted molar refractivity (Wildman–Crippen MR) is 94.7 cm³/mol. The molecule has 0 saturated carbocycles. The van der Waals surface area contributed by atoms with Crippen molar-refractivity contribution in [2.24, 2.45) is 0 Å². The van der Waals surface area contributed by atoms with Gasteiger partial charge in [0.15, 0.2) is 11.5 Å². The van der Waals surface area contributed by atoms with Gasteiger partial charge < -0.3 is 14.4 Å². The summed E-state index contributed by atoms with van der Waals surface area (Å²) >= 11 is 0. The largest absolute Gasteiger partial charge is 0.486 e. The predicted octanol–water partition coefficient (Wildman–Crippen LogP) is 3.25. The van der Waals surface area contributed by atoms with E-state index in [2.05, 4.69) is 15.1 Å². The molecule has 0 aliphatic carbocycles. The van der Waals surface area contributed by atoms with E-state index in [1.807, 2.05) is 30.0 Å². The number of anilines is 1. The Hall–Kier alpha value is -3.04. The fourth-order valence-corrected chi connectivity index (χ4v) is 3.07. The fourth-order valence-electron chi connectivity index (χ4n) is 3.07. The van der Waals surface area contributed by atoms with Crippen molar-refractivity contribution >= 4 is 11.6 Å². The van der Waals surface area contributed by atoms with Crippen molar-refractivity contribution in [3.8, 4) is 11.5 Å². The van der Waals surface area contributed by atoms with Gasteiger partial charge >= 0.3 is 6.18 Å². The first-order chi connectivity index (χ1) is 13.3. The third kappa shape index (κ3) is 3.41. The first-order valence-electron chi connectivity index (χ1n) is 8.80. The van der Waals surface area contributed by atoms with Crippen LogP contribution >= 0.6 is 0 Å². The summed E-state index contributed by atoms with van der Waals surface area (Å²) < 4.78 is 51.4. The van der Waals surface area contributed by atoms with Crippen molar-refractivity contribution in [1.29, 1.82) is 0 Å². The van der Waals surface area contributed by atoms with Gasteiger partial charge in [0.2, 0.25) is 0 Å². The number of halogens is 3. The first-order valence-corrected chi connectivity index (χ1v) is 8.80. The lowest BCUT2D eigenvalue weighted by atomic mass is 10.1. The molecule has 3 aromatic rings. The Kier molecular flexibility index (Phi) is 4.48. The number of benzene rings is 1. The van der Waals surface area contributed by atoms with E-state index >= 15 is 0 Å². The standard InChI is InChI=1S/C18H18F3N5O2/c1-3-25(10-12-4-5-13-14(9-12)28-7-6-27-13)15-8-11(2)22-17-23-16(18(19,20)21)24-26(15)17/h4-5,8-9H,3,6-7,10H2,1-2H3. The molecule has 0 N–H and O–H groups in total. The monoisotopic (exact) mass is 393 g/mol. The van der Waals surface area contributed by atoms with E-state index in [-0.39, 0.29) is 5.78 Å². The van der Waals surface area contributed by atoms with Gasteiger partial charge in [0, 0.05) is 24.8 Å². The molecular weight excluding hydrogens is 375 g/mol. The summed E-state index contributed by atoms with van der Waals surface area (Å²) in [6.07, 6.45) is -4.63. The number of aromatic nitrogens is 4. The number of nitrogens with zero attached hydrogens (tertiary/aromatic N) is 5. The van der Waals surface area contributed by atoms with Crippen LogP contribution < -0.4 is 14.4 Å². The maximum atomic E-state index is 13.0. The molecule has 0 bridgehead atoms. The van der Waals surface area contributed by atoms with Gasteiger partial charge in [0.1, 0.15) is 19.0 Å². The molecule has 1 aromatic carbocycles. The lowest BCUT2D eigenvalue weighted by Gasteiger charge is -2.25. The van der Waals surface area contributed by atoms with E-state index in [9.17, 15) is 13.2 Å². The number of ether oxygens (including phenoxy) is 2. The van der Waals surface area contributed by atoms with Gasteiger partial charge in [-0.15, -0.1) is 5.10 Å². The zero-order chi connectivity index (χ0) is 19.9. The second-order valence-corrected chi connectivity index (χ2v) is 6.39. The highest BCUT2D eigenvalue weighted by Crippen LogP contribution is 2.32. The minimum absolute atomic E-state index is 0.0806. The summed E-state index contributed by atoms with van der Waals surface area (Å²) in [6.45, 7) is 5.62. The lowest BCUT2D eigenvalue weighted by molar-refractivity contribution is -0.144. The van der Waals surface area contributed by atoms with Crippen LogP contribution in [-0.4, -0.2) is 39.3 Å². The number of hydrogen-bond donors (Lipinski definition) is 0. The fraction of sp³-hybridized carbons (Fsp3) is 0.389. The summed E-state index contributed by atoms with van der Waals surface area (Å²) in [5.74, 6) is 0.551. The molecule has 0 fully saturated rings. The Labute approximate surface area is 158 Å². The number of alkyl halides is 3. The maximum absolute atomic E-state index is 13.0. The van der Waals surface area contributed by atoms with Crippen LogP contribution in [0, 0.1) is 6.92 Å². The van der Waals surface area contributed by atoms with Gasteiger partial charge in [-0.25, -0.2) is 4.98 Å². The molecule has 1 aliphatic rings. The third-order valence-electron chi connectivity index (χ3n) is 4.36. The summed E-state index contributed by atoms with van der Waals surface area (Å²) in [5, 5.41) is 3.64. The highest BCUT2D eigenvalue weighted by molar-refractivity contribution is 5.50. The maximum Gasteiger partial charge on any atom is 0.453 e. The summed E-state index contributed by atoms with van der Waals surface area (Å²) in [4.78, 5) is 9.52. The van der Waals surface area contributed by atoms with Gasteiger partial charge in [-0.05, 0) is 31.5 Å². The average Bonchev–Trinajstić information content (AvgIpc) is 3.10. The summed E-state index contributed by atoms with van der Waals surface area (Å²) in [5.41, 5.74) is 1.49. The highest BCUT2D eigenvalue weighted by atomic mass is 19.4. The van der Waals surface area contributed by atoms with Crippen LogP contribution in [-0.2, 0) is 12.7 Å². The minimum atomic E-state index is -4.63. The molecule has 0 atom stereocenters. The average molecular weight is 393 g/mol. The minimum Gasteiger partial charge on any atom is -0.486 e. The molecule has 0 saturated heterocycles. The Morgan fingerprint density at radius 2 is 1.86 bits per heavy atom. The van der Waals surface area contributed by atoms with Crippen molar-refractivity contribution in [3.05, 3.63) is 41.3 Å². The van der Waals surface area contributed by atoms with Crippen LogP contribution in [0.5, 0.6) is 11.5 Å². The van der Waals surface area contributed by atoms with Crippen LogP contribution in [0.2, 0.25) is 0 Å². The van der Waals surface area contributed by atoms with Gasteiger partial charge in [-0.3, -0.25) is 0 Å². The number of fused-ring (bicyclic) bond motifs is 2. The molecule has 28 heavy (non-hydrogen) atoms. The van der Waals surface area contributed by atoms with E-state index in [0.717, 1.165) is 10.1 Å². The van der Waals surface area contributed by atoms with Gasteiger partial charge in [-0.2, -0.15) is 22.7 Å². The van der Waals surface area contributed by atoms with Gasteiger partial charge in [0.05, 0.1) is 0 Å². The molecule has 148 valence electrons. The molecule has 0 radical (unpaired) electrons. The SMILES string of the molecule is CCN(Cc1ccc2c(c1)OCCO2)c1cc(C)nc2nc(C(F)(F)F)nn12. The van der Waals surface area contributed by atoms with Gasteiger partial charge in [-0.1, -0.05) is 6.07 Å². The van der Waals surface area contributed by atoms with Crippen molar-refractivity contribution < 1.29 is 22.6 Å². The molecule has 2 aromatic heterocycles. The molecule has 0 unspecified atom stereocenters. The molecule has 1 aliphatic heterocycles. The molecule has 0 spiro atoms. The molecule has 3 heterocycles. The van der Waals surface area contributed by atoms with Crippen LogP contribution in [0.25, 0.3) is 5.78 Å². The number of rotatable bonds is 4.